The summed E-state index contributed by atoms with van der Waals surface area (Å²) in [5.41, 5.74) is 2.42. The fourth-order valence-corrected chi connectivity index (χ4v) is 3.31. The quantitative estimate of drug-likeness (QED) is 0.573. The van der Waals surface area contributed by atoms with Gasteiger partial charge in [-0.25, -0.2) is 0 Å². The van der Waals surface area contributed by atoms with Gasteiger partial charge in [-0.2, -0.15) is 10.1 Å². The highest BCUT2D eigenvalue weighted by atomic mass is 35.5. The molecule has 3 rings (SSSR count). The molecule has 0 atom stereocenters. The first-order valence-corrected chi connectivity index (χ1v) is 9.66. The third-order valence-corrected chi connectivity index (χ3v) is 4.56. The molecular formula is C21H20Cl2N2O3. The van der Waals surface area contributed by atoms with Crippen molar-refractivity contribution >= 4 is 46.6 Å². The van der Waals surface area contributed by atoms with E-state index in [2.05, 4.69) is 5.10 Å². The van der Waals surface area contributed by atoms with Gasteiger partial charge in [0.25, 0.3) is 5.91 Å². The fourth-order valence-electron chi connectivity index (χ4n) is 2.85. The Balaban J connectivity index is 1.97. The van der Waals surface area contributed by atoms with Crippen LogP contribution in [0, 0.1) is 0 Å². The summed E-state index contributed by atoms with van der Waals surface area (Å²) in [5, 5.41) is 6.67. The van der Waals surface area contributed by atoms with Crippen LogP contribution in [-0.4, -0.2) is 24.8 Å². The number of hydrazone groups is 1. The molecular weight excluding hydrogens is 399 g/mol. The van der Waals surface area contributed by atoms with Crippen LogP contribution < -0.4 is 14.5 Å². The van der Waals surface area contributed by atoms with Gasteiger partial charge in [0.1, 0.15) is 0 Å². The van der Waals surface area contributed by atoms with Crippen molar-refractivity contribution in [3.05, 3.63) is 57.6 Å². The molecule has 0 saturated heterocycles. The molecule has 2 aromatic carbocycles. The van der Waals surface area contributed by atoms with E-state index in [1.54, 1.807) is 49.4 Å². The molecule has 1 amide bonds. The van der Waals surface area contributed by atoms with Crippen LogP contribution in [-0.2, 0) is 4.79 Å². The van der Waals surface area contributed by atoms with Gasteiger partial charge in [0.05, 0.1) is 35.2 Å². The molecule has 0 unspecified atom stereocenters. The van der Waals surface area contributed by atoms with Gasteiger partial charge in [0, 0.05) is 5.02 Å². The maximum atomic E-state index is 12.9. The number of hydrogen-bond acceptors (Lipinski definition) is 4. The summed E-state index contributed by atoms with van der Waals surface area (Å²) in [6.45, 7) is 6.49. The number of carbonyl (C=O) groups excluding carboxylic acids is 1. The van der Waals surface area contributed by atoms with Crippen LogP contribution in [0.5, 0.6) is 11.5 Å². The van der Waals surface area contributed by atoms with Crippen LogP contribution in [0.4, 0.5) is 5.69 Å². The molecule has 1 aliphatic rings. The molecule has 0 radical (unpaired) electrons. The highest BCUT2D eigenvalue weighted by Crippen LogP contribution is 2.38. The Labute approximate surface area is 174 Å². The average Bonchev–Trinajstić information content (AvgIpc) is 2.93. The molecule has 0 aromatic heterocycles. The Morgan fingerprint density at radius 1 is 1.11 bits per heavy atom. The number of carbonyl (C=O) groups is 1. The number of hydrogen-bond donors (Lipinski definition) is 0. The first-order valence-electron chi connectivity index (χ1n) is 8.91. The number of amides is 1. The van der Waals surface area contributed by atoms with E-state index < -0.39 is 0 Å². The Morgan fingerprint density at radius 3 is 2.54 bits per heavy atom. The topological polar surface area (TPSA) is 51.1 Å². The molecule has 0 fully saturated rings. The lowest BCUT2D eigenvalue weighted by atomic mass is 10.1. The number of rotatable bonds is 6. The SMILES string of the molecule is CCOc1cc(/C=C2\C(=O)N(c3cccc(Cl)c3)N=C2C)cc(Cl)c1OCC. The minimum absolute atomic E-state index is 0.234. The molecule has 0 spiro atoms. The molecule has 0 saturated carbocycles. The predicted molar refractivity (Wildman–Crippen MR) is 114 cm³/mol. The number of ether oxygens (including phenoxy) is 2. The molecule has 0 bridgehead atoms. The molecule has 7 heteroatoms. The molecule has 28 heavy (non-hydrogen) atoms. The maximum absolute atomic E-state index is 12.9. The lowest BCUT2D eigenvalue weighted by Gasteiger charge is -2.14. The maximum Gasteiger partial charge on any atom is 0.280 e. The molecule has 1 aliphatic heterocycles. The Hall–Kier alpha value is -2.50. The summed E-state index contributed by atoms with van der Waals surface area (Å²) in [6, 6.07) is 10.5. The smallest absolute Gasteiger partial charge is 0.280 e. The van der Waals surface area contributed by atoms with E-state index in [-0.39, 0.29) is 5.91 Å². The molecule has 1 heterocycles. The third kappa shape index (κ3) is 4.16. The second-order valence-electron chi connectivity index (χ2n) is 6.04. The Morgan fingerprint density at radius 2 is 1.86 bits per heavy atom. The molecule has 0 aliphatic carbocycles. The number of halogens is 2. The van der Waals surface area contributed by atoms with Crippen LogP contribution in [0.15, 0.2) is 47.1 Å². The third-order valence-electron chi connectivity index (χ3n) is 4.05. The van der Waals surface area contributed by atoms with Crippen LogP contribution in [0.3, 0.4) is 0 Å². The minimum Gasteiger partial charge on any atom is -0.490 e. The van der Waals surface area contributed by atoms with Gasteiger partial charge < -0.3 is 9.47 Å². The average molecular weight is 419 g/mol. The van der Waals surface area contributed by atoms with E-state index in [4.69, 9.17) is 32.7 Å². The molecule has 0 N–H and O–H groups in total. The number of anilines is 1. The van der Waals surface area contributed by atoms with Crippen molar-refractivity contribution in [3.63, 3.8) is 0 Å². The van der Waals surface area contributed by atoms with Crippen LogP contribution in [0.1, 0.15) is 26.3 Å². The molecule has 5 nitrogen and oxygen atoms in total. The highest BCUT2D eigenvalue weighted by Gasteiger charge is 2.29. The van der Waals surface area contributed by atoms with Crippen LogP contribution in [0.25, 0.3) is 6.08 Å². The lowest BCUT2D eigenvalue weighted by Crippen LogP contribution is -2.21. The van der Waals surface area contributed by atoms with Gasteiger partial charge in [-0.15, -0.1) is 0 Å². The van der Waals surface area contributed by atoms with Crippen molar-refractivity contribution in [1.82, 2.24) is 0 Å². The summed E-state index contributed by atoms with van der Waals surface area (Å²) >= 11 is 12.4. The van der Waals surface area contributed by atoms with Gasteiger partial charge in [-0.1, -0.05) is 29.3 Å². The highest BCUT2D eigenvalue weighted by molar-refractivity contribution is 6.34. The Kier molecular flexibility index (Phi) is 6.27. The van der Waals surface area contributed by atoms with E-state index in [1.807, 2.05) is 13.8 Å². The summed E-state index contributed by atoms with van der Waals surface area (Å²) in [7, 11) is 0. The van der Waals surface area contributed by atoms with Crippen molar-refractivity contribution < 1.29 is 14.3 Å². The largest absolute Gasteiger partial charge is 0.490 e. The predicted octanol–water partition coefficient (Wildman–Crippen LogP) is 5.60. The van der Waals surface area contributed by atoms with E-state index in [0.29, 0.717) is 51.7 Å². The zero-order chi connectivity index (χ0) is 20.3. The molecule has 146 valence electrons. The van der Waals surface area contributed by atoms with E-state index >= 15 is 0 Å². The van der Waals surface area contributed by atoms with Crippen molar-refractivity contribution in [2.24, 2.45) is 5.10 Å². The van der Waals surface area contributed by atoms with E-state index in [1.165, 1.54) is 5.01 Å². The lowest BCUT2D eigenvalue weighted by molar-refractivity contribution is -0.114. The zero-order valence-electron chi connectivity index (χ0n) is 15.8. The monoisotopic (exact) mass is 418 g/mol. The van der Waals surface area contributed by atoms with Crippen LogP contribution in [0.2, 0.25) is 10.0 Å². The van der Waals surface area contributed by atoms with E-state index in [0.717, 1.165) is 5.56 Å². The van der Waals surface area contributed by atoms with Gasteiger partial charge in [-0.3, -0.25) is 4.79 Å². The standard InChI is InChI=1S/C21H20Cl2N2O3/c1-4-27-19-11-14(10-18(23)20(19)28-5-2)9-17-13(3)24-25(21(17)26)16-8-6-7-15(22)12-16/h6-12H,4-5H2,1-3H3/b17-9-. The number of nitrogens with zero attached hydrogens (tertiary/aromatic N) is 2. The van der Waals surface area contributed by atoms with Gasteiger partial charge >= 0.3 is 0 Å². The van der Waals surface area contributed by atoms with Gasteiger partial charge in [-0.05, 0) is 62.7 Å². The fraction of sp³-hybridized carbons (Fsp3) is 0.238. The van der Waals surface area contributed by atoms with Crippen molar-refractivity contribution in [2.75, 3.05) is 18.2 Å². The summed E-state index contributed by atoms with van der Waals surface area (Å²) in [6.07, 6.45) is 1.75. The minimum atomic E-state index is -0.234. The molecule has 2 aromatic rings. The second kappa shape index (κ2) is 8.67. The number of benzene rings is 2. The summed E-state index contributed by atoms with van der Waals surface area (Å²) < 4.78 is 11.2. The first kappa shape index (κ1) is 20.2. The van der Waals surface area contributed by atoms with Crippen molar-refractivity contribution in [2.45, 2.75) is 20.8 Å². The second-order valence-corrected chi connectivity index (χ2v) is 6.88. The van der Waals surface area contributed by atoms with E-state index in [9.17, 15) is 4.79 Å². The summed E-state index contributed by atoms with van der Waals surface area (Å²) in [5.74, 6) is 0.801. The van der Waals surface area contributed by atoms with Gasteiger partial charge in [0.2, 0.25) is 0 Å². The van der Waals surface area contributed by atoms with Gasteiger partial charge in [0.15, 0.2) is 11.5 Å². The van der Waals surface area contributed by atoms with Crippen molar-refractivity contribution in [3.8, 4) is 11.5 Å². The summed E-state index contributed by atoms with van der Waals surface area (Å²) in [4.78, 5) is 12.9. The normalized spacial score (nSPS) is 15.2. The zero-order valence-corrected chi connectivity index (χ0v) is 17.3. The Bertz CT molecular complexity index is 970. The van der Waals surface area contributed by atoms with Crippen LogP contribution >= 0.6 is 23.2 Å². The first-order chi connectivity index (χ1) is 13.4. The van der Waals surface area contributed by atoms with Crippen molar-refractivity contribution in [1.29, 1.82) is 0 Å².